The molecule has 0 rings (SSSR count). The van der Waals surface area contributed by atoms with Crippen LogP contribution in [0.15, 0.2) is 0 Å². The van der Waals surface area contributed by atoms with Crippen molar-refractivity contribution in [2.24, 2.45) is 0 Å². The SMILES string of the molecule is CCCCCCCCCCCCCC(=O)[NH2+][O-]. The van der Waals surface area contributed by atoms with E-state index in [1.807, 2.05) is 0 Å². The molecule has 0 aliphatic rings. The first-order valence-electron chi connectivity index (χ1n) is 7.29. The lowest BCUT2D eigenvalue weighted by Gasteiger charge is -2.02. The fourth-order valence-electron chi connectivity index (χ4n) is 2.02. The van der Waals surface area contributed by atoms with Crippen molar-refractivity contribution >= 4 is 5.91 Å². The summed E-state index contributed by atoms with van der Waals surface area (Å²) in [6, 6.07) is 0. The van der Waals surface area contributed by atoms with Crippen molar-refractivity contribution in [3.05, 3.63) is 5.21 Å². The number of nitrogens with two attached hydrogens (primary N) is 1. The average molecular weight is 243 g/mol. The van der Waals surface area contributed by atoms with Gasteiger partial charge in [-0.3, -0.25) is 0 Å². The second-order valence-corrected chi connectivity index (χ2v) is 4.87. The van der Waals surface area contributed by atoms with Gasteiger partial charge < -0.3 is 10.7 Å². The molecule has 0 bridgehead atoms. The lowest BCUT2D eigenvalue weighted by molar-refractivity contribution is -0.500. The van der Waals surface area contributed by atoms with E-state index in [0.29, 0.717) is 11.9 Å². The van der Waals surface area contributed by atoms with Crippen LogP contribution in [0.4, 0.5) is 0 Å². The van der Waals surface area contributed by atoms with E-state index >= 15 is 0 Å². The summed E-state index contributed by atoms with van der Waals surface area (Å²) in [6.07, 6.45) is 14.5. The summed E-state index contributed by atoms with van der Waals surface area (Å²) < 4.78 is 0. The van der Waals surface area contributed by atoms with Gasteiger partial charge in [-0.05, 0) is 6.42 Å². The summed E-state index contributed by atoms with van der Waals surface area (Å²) in [7, 11) is 0. The quantitative estimate of drug-likeness (QED) is 0.422. The molecule has 17 heavy (non-hydrogen) atoms. The third-order valence-corrected chi connectivity index (χ3v) is 3.16. The Morgan fingerprint density at radius 3 is 1.65 bits per heavy atom. The van der Waals surface area contributed by atoms with Gasteiger partial charge in [0.25, 0.3) is 0 Å². The van der Waals surface area contributed by atoms with Crippen molar-refractivity contribution in [2.75, 3.05) is 0 Å². The molecule has 0 saturated carbocycles. The minimum atomic E-state index is -0.249. The number of quaternary nitrogens is 1. The Bertz CT molecular complexity index is 172. The smallest absolute Gasteiger partial charge is 0.310 e. The largest absolute Gasteiger partial charge is 0.628 e. The monoisotopic (exact) mass is 243 g/mol. The van der Waals surface area contributed by atoms with Crippen molar-refractivity contribution < 1.29 is 10.3 Å². The fraction of sp³-hybridized carbons (Fsp3) is 0.929. The van der Waals surface area contributed by atoms with Crippen LogP contribution in [0.2, 0.25) is 0 Å². The number of hydrogen-bond acceptors (Lipinski definition) is 2. The number of carbonyl (C=O) groups is 1. The van der Waals surface area contributed by atoms with Gasteiger partial charge in [-0.2, -0.15) is 0 Å². The molecule has 0 aromatic heterocycles. The van der Waals surface area contributed by atoms with Crippen LogP contribution in [0.3, 0.4) is 0 Å². The Kier molecular flexibility index (Phi) is 13.3. The predicted octanol–water partition coefficient (Wildman–Crippen LogP) is 3.28. The molecule has 0 atom stereocenters. The van der Waals surface area contributed by atoms with Crippen LogP contribution in [0, 0.1) is 5.21 Å². The molecule has 102 valence electrons. The Morgan fingerprint density at radius 2 is 1.24 bits per heavy atom. The van der Waals surface area contributed by atoms with Crippen molar-refractivity contribution in [1.82, 2.24) is 0 Å². The first-order valence-corrected chi connectivity index (χ1v) is 7.29. The number of carbonyl (C=O) groups excluding carboxylic acids is 1. The lowest BCUT2D eigenvalue weighted by Crippen LogP contribution is -2.81. The minimum Gasteiger partial charge on any atom is -0.628 e. The highest BCUT2D eigenvalue weighted by molar-refractivity contribution is 5.65. The third-order valence-electron chi connectivity index (χ3n) is 3.16. The zero-order chi connectivity index (χ0) is 12.8. The highest BCUT2D eigenvalue weighted by Crippen LogP contribution is 2.11. The van der Waals surface area contributed by atoms with Crippen LogP contribution in [0.5, 0.6) is 0 Å². The maximum absolute atomic E-state index is 10.7. The van der Waals surface area contributed by atoms with E-state index in [4.69, 9.17) is 0 Å². The average Bonchev–Trinajstić information content (AvgIpc) is 2.35. The Morgan fingerprint density at radius 1 is 0.824 bits per heavy atom. The number of unbranched alkanes of at least 4 members (excludes halogenated alkanes) is 10. The molecule has 0 aliphatic heterocycles. The molecule has 3 heteroatoms. The highest BCUT2D eigenvalue weighted by Gasteiger charge is 1.99. The Hall–Kier alpha value is -0.410. The third kappa shape index (κ3) is 13.5. The van der Waals surface area contributed by atoms with Crippen LogP contribution >= 0.6 is 0 Å². The molecule has 2 N–H and O–H groups in total. The van der Waals surface area contributed by atoms with E-state index in [-0.39, 0.29) is 5.91 Å². The molecular formula is C14H29NO2. The normalized spacial score (nSPS) is 10.7. The van der Waals surface area contributed by atoms with Gasteiger partial charge in [0.1, 0.15) is 0 Å². The predicted molar refractivity (Wildman–Crippen MR) is 71.4 cm³/mol. The molecule has 3 nitrogen and oxygen atoms in total. The van der Waals surface area contributed by atoms with E-state index in [1.165, 1.54) is 57.8 Å². The van der Waals surface area contributed by atoms with Gasteiger partial charge in [-0.1, -0.05) is 71.1 Å². The van der Waals surface area contributed by atoms with E-state index < -0.39 is 0 Å². The second kappa shape index (κ2) is 13.7. The lowest BCUT2D eigenvalue weighted by atomic mass is 10.1. The topological polar surface area (TPSA) is 56.7 Å². The summed E-state index contributed by atoms with van der Waals surface area (Å²) in [4.78, 5) is 10.7. The highest BCUT2D eigenvalue weighted by atomic mass is 16.5. The molecule has 0 unspecified atom stereocenters. The molecule has 0 saturated heterocycles. The van der Waals surface area contributed by atoms with Gasteiger partial charge in [0, 0.05) is 0 Å². The van der Waals surface area contributed by atoms with Gasteiger partial charge in [0.15, 0.2) is 0 Å². The van der Waals surface area contributed by atoms with Crippen LogP contribution < -0.4 is 5.48 Å². The molecule has 0 spiro atoms. The molecule has 1 amide bonds. The summed E-state index contributed by atoms with van der Waals surface area (Å²) in [6.45, 7) is 2.25. The van der Waals surface area contributed by atoms with Gasteiger partial charge in [-0.25, -0.2) is 4.79 Å². The van der Waals surface area contributed by atoms with Crippen LogP contribution in [-0.4, -0.2) is 5.91 Å². The van der Waals surface area contributed by atoms with Crippen LogP contribution in [-0.2, 0) is 4.79 Å². The molecular weight excluding hydrogens is 214 g/mol. The maximum atomic E-state index is 10.7. The zero-order valence-electron chi connectivity index (χ0n) is 11.4. The fourth-order valence-corrected chi connectivity index (χ4v) is 2.02. The number of hydrogen-bond donors (Lipinski definition) is 1. The van der Waals surface area contributed by atoms with Crippen molar-refractivity contribution in [2.45, 2.75) is 84.0 Å². The van der Waals surface area contributed by atoms with Crippen LogP contribution in [0.1, 0.15) is 84.0 Å². The van der Waals surface area contributed by atoms with Crippen molar-refractivity contribution in [3.63, 3.8) is 0 Å². The van der Waals surface area contributed by atoms with E-state index in [1.54, 1.807) is 0 Å². The Balaban J connectivity index is 2.96. The van der Waals surface area contributed by atoms with Gasteiger partial charge in [-0.15, -0.1) is 0 Å². The van der Waals surface area contributed by atoms with Crippen molar-refractivity contribution in [1.29, 1.82) is 0 Å². The van der Waals surface area contributed by atoms with Crippen LogP contribution in [0.25, 0.3) is 0 Å². The summed E-state index contributed by atoms with van der Waals surface area (Å²) in [5.41, 5.74) is 0.441. The van der Waals surface area contributed by atoms with Crippen molar-refractivity contribution in [3.8, 4) is 0 Å². The molecule has 0 radical (unpaired) electrons. The van der Waals surface area contributed by atoms with Gasteiger partial charge in [0.05, 0.1) is 6.42 Å². The molecule has 0 aromatic carbocycles. The second-order valence-electron chi connectivity index (χ2n) is 4.87. The molecule has 0 fully saturated rings. The van der Waals surface area contributed by atoms with E-state index in [2.05, 4.69) is 6.92 Å². The standard InChI is InChI=1S/C14H29NO2/c1-2-3-4-5-6-7-8-9-10-11-12-13-14(16)15-17/h2-13,15H2,1H3. The first-order chi connectivity index (χ1) is 8.31. The van der Waals surface area contributed by atoms with Gasteiger partial charge in [0.2, 0.25) is 0 Å². The van der Waals surface area contributed by atoms with E-state index in [9.17, 15) is 10.0 Å². The summed E-state index contributed by atoms with van der Waals surface area (Å²) in [5, 5.41) is 10.1. The first kappa shape index (κ1) is 16.6. The number of amides is 1. The summed E-state index contributed by atoms with van der Waals surface area (Å²) >= 11 is 0. The number of primary amides is 1. The minimum absolute atomic E-state index is 0.249. The number of hydroxylamine groups is 1. The van der Waals surface area contributed by atoms with E-state index in [0.717, 1.165) is 12.8 Å². The maximum Gasteiger partial charge on any atom is 0.310 e. The van der Waals surface area contributed by atoms with Gasteiger partial charge >= 0.3 is 5.91 Å². The number of rotatable bonds is 12. The molecule has 0 aliphatic carbocycles. The Labute approximate surface area is 106 Å². The summed E-state index contributed by atoms with van der Waals surface area (Å²) in [5.74, 6) is -0.249. The molecule has 0 heterocycles. The molecule has 0 aromatic rings. The zero-order valence-corrected chi connectivity index (χ0v) is 11.4.